The fourth-order valence-electron chi connectivity index (χ4n) is 4.44. The third-order valence-electron chi connectivity index (χ3n) is 6.30. The first-order chi connectivity index (χ1) is 16.1. The summed E-state index contributed by atoms with van der Waals surface area (Å²) in [6.45, 7) is 3.40. The quantitative estimate of drug-likeness (QED) is 0.456. The van der Waals surface area contributed by atoms with E-state index in [0.29, 0.717) is 23.8 Å². The molecule has 0 radical (unpaired) electrons. The Morgan fingerprint density at radius 1 is 1.15 bits per heavy atom. The monoisotopic (exact) mass is 444 g/mol. The van der Waals surface area contributed by atoms with Crippen molar-refractivity contribution >= 4 is 22.4 Å². The number of aromatic nitrogens is 2. The number of rotatable bonds is 5. The van der Waals surface area contributed by atoms with Gasteiger partial charge in [0.15, 0.2) is 0 Å². The van der Waals surface area contributed by atoms with Gasteiger partial charge >= 0.3 is 0 Å². The highest BCUT2D eigenvalue weighted by Gasteiger charge is 2.31. The number of carbonyl (C=O) groups excluding carboxylic acids is 1. The SMILES string of the molecule is CC(C(=O)Nc1cccc2ccccc12)N1CCCC(c2nc(-c3cccc(F)c3)no2)C1. The van der Waals surface area contributed by atoms with Gasteiger partial charge in [0.05, 0.1) is 12.0 Å². The van der Waals surface area contributed by atoms with Gasteiger partial charge in [0.2, 0.25) is 17.6 Å². The number of fused-ring (bicyclic) bond motifs is 1. The van der Waals surface area contributed by atoms with Gasteiger partial charge < -0.3 is 9.84 Å². The molecule has 1 saturated heterocycles. The molecule has 1 aliphatic rings. The molecule has 33 heavy (non-hydrogen) atoms. The molecule has 2 heterocycles. The normalized spacial score (nSPS) is 17.7. The smallest absolute Gasteiger partial charge is 0.241 e. The van der Waals surface area contributed by atoms with Crippen LogP contribution in [0.3, 0.4) is 0 Å². The van der Waals surface area contributed by atoms with E-state index in [1.54, 1.807) is 12.1 Å². The third-order valence-corrected chi connectivity index (χ3v) is 6.30. The standard InChI is InChI=1S/C26H25FN4O2/c1-17(25(32)28-23-13-5-8-18-7-2-3-12-22(18)23)31-14-6-10-20(16-31)26-29-24(30-33-26)19-9-4-11-21(27)15-19/h2-5,7-9,11-13,15,17,20H,6,10,14,16H2,1H3,(H,28,32). The fourth-order valence-corrected chi connectivity index (χ4v) is 4.44. The second kappa shape index (κ2) is 9.11. The van der Waals surface area contributed by atoms with Crippen molar-refractivity contribution in [1.29, 1.82) is 0 Å². The lowest BCUT2D eigenvalue weighted by Crippen LogP contribution is -2.46. The maximum absolute atomic E-state index is 13.5. The van der Waals surface area contributed by atoms with Gasteiger partial charge in [-0.2, -0.15) is 4.98 Å². The van der Waals surface area contributed by atoms with Crippen LogP contribution in [0.5, 0.6) is 0 Å². The minimum Gasteiger partial charge on any atom is -0.339 e. The van der Waals surface area contributed by atoms with Crippen molar-refractivity contribution in [1.82, 2.24) is 15.0 Å². The average Bonchev–Trinajstić information content (AvgIpc) is 3.34. The van der Waals surface area contributed by atoms with Crippen LogP contribution in [0.1, 0.15) is 31.6 Å². The molecular weight excluding hydrogens is 419 g/mol. The summed E-state index contributed by atoms with van der Waals surface area (Å²) < 4.78 is 19.1. The van der Waals surface area contributed by atoms with Gasteiger partial charge in [0.1, 0.15) is 5.82 Å². The number of benzene rings is 3. The van der Waals surface area contributed by atoms with E-state index in [0.717, 1.165) is 35.8 Å². The number of anilines is 1. The molecule has 1 fully saturated rings. The van der Waals surface area contributed by atoms with Crippen LogP contribution in [0.2, 0.25) is 0 Å². The molecule has 1 aliphatic heterocycles. The molecule has 4 aromatic rings. The number of hydrogen-bond donors (Lipinski definition) is 1. The maximum atomic E-state index is 13.5. The zero-order valence-corrected chi connectivity index (χ0v) is 18.4. The van der Waals surface area contributed by atoms with Crippen LogP contribution in [0, 0.1) is 5.82 Å². The predicted molar refractivity (Wildman–Crippen MR) is 125 cm³/mol. The Bertz CT molecular complexity index is 1280. The van der Waals surface area contributed by atoms with Gasteiger partial charge in [-0.25, -0.2) is 4.39 Å². The lowest BCUT2D eigenvalue weighted by molar-refractivity contribution is -0.121. The Kier molecular flexibility index (Phi) is 5.88. The van der Waals surface area contributed by atoms with Crippen LogP contribution in [0.4, 0.5) is 10.1 Å². The van der Waals surface area contributed by atoms with E-state index in [4.69, 9.17) is 4.52 Å². The van der Waals surface area contributed by atoms with E-state index in [1.165, 1.54) is 12.1 Å². The molecule has 0 bridgehead atoms. The van der Waals surface area contributed by atoms with Crippen LogP contribution < -0.4 is 5.32 Å². The lowest BCUT2D eigenvalue weighted by Gasteiger charge is -2.34. The number of nitrogens with one attached hydrogen (secondary N) is 1. The number of nitrogens with zero attached hydrogens (tertiary/aromatic N) is 3. The van der Waals surface area contributed by atoms with E-state index < -0.39 is 0 Å². The van der Waals surface area contributed by atoms with Gasteiger partial charge in [-0.05, 0) is 49.9 Å². The van der Waals surface area contributed by atoms with Gasteiger partial charge in [-0.1, -0.05) is 53.7 Å². The highest BCUT2D eigenvalue weighted by atomic mass is 19.1. The molecule has 1 aromatic heterocycles. The molecular formula is C26H25FN4O2. The summed E-state index contributed by atoms with van der Waals surface area (Å²) in [5.74, 6) is 0.553. The summed E-state index contributed by atoms with van der Waals surface area (Å²) in [5, 5.41) is 9.25. The topological polar surface area (TPSA) is 71.3 Å². The summed E-state index contributed by atoms with van der Waals surface area (Å²) in [6, 6.07) is 19.8. The molecule has 2 unspecified atom stereocenters. The second-order valence-corrected chi connectivity index (χ2v) is 8.49. The highest BCUT2D eigenvalue weighted by molar-refractivity contribution is 6.03. The van der Waals surface area contributed by atoms with Crippen molar-refractivity contribution < 1.29 is 13.7 Å². The van der Waals surface area contributed by atoms with E-state index in [-0.39, 0.29) is 23.7 Å². The Morgan fingerprint density at radius 2 is 1.97 bits per heavy atom. The maximum Gasteiger partial charge on any atom is 0.241 e. The summed E-state index contributed by atoms with van der Waals surface area (Å²) in [5.41, 5.74) is 1.40. The summed E-state index contributed by atoms with van der Waals surface area (Å²) in [7, 11) is 0. The lowest BCUT2D eigenvalue weighted by atomic mass is 9.96. The highest BCUT2D eigenvalue weighted by Crippen LogP contribution is 2.29. The molecule has 1 N–H and O–H groups in total. The van der Waals surface area contributed by atoms with Gasteiger partial charge in [-0.3, -0.25) is 9.69 Å². The summed E-state index contributed by atoms with van der Waals surface area (Å²) in [4.78, 5) is 19.7. The summed E-state index contributed by atoms with van der Waals surface area (Å²) in [6.07, 6.45) is 1.83. The largest absolute Gasteiger partial charge is 0.339 e. The molecule has 0 saturated carbocycles. The minimum absolute atomic E-state index is 0.0290. The first-order valence-corrected chi connectivity index (χ1v) is 11.2. The number of piperidine rings is 1. The Labute approximate surface area is 191 Å². The van der Waals surface area contributed by atoms with Crippen LogP contribution >= 0.6 is 0 Å². The Balaban J connectivity index is 1.28. The fraction of sp³-hybridized carbons (Fsp3) is 0.269. The van der Waals surface area contributed by atoms with Crippen molar-refractivity contribution in [2.45, 2.75) is 31.7 Å². The van der Waals surface area contributed by atoms with Crippen molar-refractivity contribution in [3.05, 3.63) is 78.4 Å². The average molecular weight is 445 g/mol. The van der Waals surface area contributed by atoms with Crippen molar-refractivity contribution in [2.24, 2.45) is 0 Å². The first kappa shape index (κ1) is 21.3. The third kappa shape index (κ3) is 4.50. The van der Waals surface area contributed by atoms with Gasteiger partial charge in [0, 0.05) is 23.2 Å². The molecule has 1 amide bonds. The number of carbonyl (C=O) groups is 1. The van der Waals surface area contributed by atoms with Gasteiger partial charge in [-0.15, -0.1) is 0 Å². The number of halogens is 1. The van der Waals surface area contributed by atoms with E-state index in [1.807, 2.05) is 49.4 Å². The van der Waals surface area contributed by atoms with E-state index in [2.05, 4.69) is 20.4 Å². The molecule has 2 atom stereocenters. The van der Waals surface area contributed by atoms with Crippen LogP contribution in [-0.2, 0) is 4.79 Å². The molecule has 0 spiro atoms. The van der Waals surface area contributed by atoms with E-state index in [9.17, 15) is 9.18 Å². The zero-order valence-electron chi connectivity index (χ0n) is 18.4. The first-order valence-electron chi connectivity index (χ1n) is 11.2. The molecule has 168 valence electrons. The Hall–Kier alpha value is -3.58. The molecule has 3 aromatic carbocycles. The van der Waals surface area contributed by atoms with Gasteiger partial charge in [0.25, 0.3) is 0 Å². The van der Waals surface area contributed by atoms with Crippen molar-refractivity contribution in [3.8, 4) is 11.4 Å². The van der Waals surface area contributed by atoms with Crippen LogP contribution in [0.25, 0.3) is 22.2 Å². The number of amides is 1. The van der Waals surface area contributed by atoms with Crippen LogP contribution in [-0.4, -0.2) is 40.1 Å². The minimum atomic E-state index is -0.339. The zero-order chi connectivity index (χ0) is 22.8. The number of likely N-dealkylation sites (tertiary alicyclic amines) is 1. The predicted octanol–water partition coefficient (Wildman–Crippen LogP) is 5.24. The number of hydrogen-bond acceptors (Lipinski definition) is 5. The summed E-state index contributed by atoms with van der Waals surface area (Å²) >= 11 is 0. The molecule has 7 heteroatoms. The molecule has 5 rings (SSSR count). The second-order valence-electron chi connectivity index (χ2n) is 8.49. The van der Waals surface area contributed by atoms with Crippen molar-refractivity contribution in [3.63, 3.8) is 0 Å². The molecule has 6 nitrogen and oxygen atoms in total. The van der Waals surface area contributed by atoms with E-state index >= 15 is 0 Å². The Morgan fingerprint density at radius 3 is 2.85 bits per heavy atom. The van der Waals surface area contributed by atoms with Crippen molar-refractivity contribution in [2.75, 3.05) is 18.4 Å². The van der Waals surface area contributed by atoms with Crippen LogP contribution in [0.15, 0.2) is 71.3 Å². The molecule has 0 aliphatic carbocycles.